The topological polar surface area (TPSA) is 90.5 Å². The maximum absolute atomic E-state index is 11.9. The number of carboxylic acids is 1. The normalized spacial score (nSPS) is 13.0. The van der Waals surface area contributed by atoms with Crippen molar-refractivity contribution in [3.05, 3.63) is 0 Å². The van der Waals surface area contributed by atoms with Crippen LogP contribution in [-0.4, -0.2) is 49.7 Å². The summed E-state index contributed by atoms with van der Waals surface area (Å²) in [7, 11) is 1.87. The first kappa shape index (κ1) is 18.9. The molecular formula is C14H29N3O3. The molecule has 0 aliphatic heterocycles. The fourth-order valence-electron chi connectivity index (χ4n) is 1.77. The van der Waals surface area contributed by atoms with Gasteiger partial charge >= 0.3 is 5.97 Å². The number of nitrogens with one attached hydrogen (secondary N) is 3. The van der Waals surface area contributed by atoms with Crippen molar-refractivity contribution in [2.45, 2.75) is 46.1 Å². The van der Waals surface area contributed by atoms with Crippen LogP contribution < -0.4 is 16.0 Å². The highest BCUT2D eigenvalue weighted by Crippen LogP contribution is 2.18. The van der Waals surface area contributed by atoms with E-state index in [0.29, 0.717) is 19.4 Å². The van der Waals surface area contributed by atoms with Gasteiger partial charge in [-0.25, -0.2) is 0 Å². The average Bonchev–Trinajstić information content (AvgIpc) is 2.28. The predicted octanol–water partition coefficient (Wildman–Crippen LogP) is 0.581. The Morgan fingerprint density at radius 2 is 1.85 bits per heavy atom. The van der Waals surface area contributed by atoms with E-state index in [4.69, 9.17) is 5.11 Å². The first-order chi connectivity index (χ1) is 9.24. The lowest BCUT2D eigenvalue weighted by molar-refractivity contribution is -0.137. The summed E-state index contributed by atoms with van der Waals surface area (Å²) < 4.78 is 0. The minimum absolute atomic E-state index is 0.0247. The van der Waals surface area contributed by atoms with Crippen molar-refractivity contribution in [2.24, 2.45) is 5.41 Å². The Bertz CT molecular complexity index is 301. The van der Waals surface area contributed by atoms with E-state index in [1.54, 1.807) is 0 Å². The first-order valence-electron chi connectivity index (χ1n) is 7.11. The molecule has 0 saturated carbocycles. The zero-order valence-electron chi connectivity index (χ0n) is 13.1. The van der Waals surface area contributed by atoms with Crippen LogP contribution in [0.15, 0.2) is 0 Å². The van der Waals surface area contributed by atoms with E-state index in [0.717, 1.165) is 13.1 Å². The van der Waals surface area contributed by atoms with Crippen molar-refractivity contribution in [3.8, 4) is 0 Å². The zero-order valence-corrected chi connectivity index (χ0v) is 13.1. The Hall–Kier alpha value is -1.14. The second-order valence-corrected chi connectivity index (χ2v) is 6.24. The molecule has 20 heavy (non-hydrogen) atoms. The minimum Gasteiger partial charge on any atom is -0.481 e. The molecule has 0 aromatic rings. The van der Waals surface area contributed by atoms with Crippen molar-refractivity contribution < 1.29 is 14.7 Å². The second-order valence-electron chi connectivity index (χ2n) is 6.24. The quantitative estimate of drug-likeness (QED) is 0.441. The zero-order chi connectivity index (χ0) is 15.6. The molecule has 0 aliphatic rings. The standard InChI is InChI=1S/C14H29N3O3/c1-14(2,3)9-12(18)17-11(5-6-13(19)20)10-16-8-7-15-4/h11,15-16H,5-10H2,1-4H3,(H,17,18)(H,19,20). The Balaban J connectivity index is 4.21. The van der Waals surface area contributed by atoms with Crippen molar-refractivity contribution in [3.63, 3.8) is 0 Å². The molecule has 0 spiro atoms. The van der Waals surface area contributed by atoms with Crippen molar-refractivity contribution in [1.29, 1.82) is 0 Å². The lowest BCUT2D eigenvalue weighted by Gasteiger charge is -2.22. The molecule has 6 heteroatoms. The van der Waals surface area contributed by atoms with Crippen LogP contribution in [0, 0.1) is 5.41 Å². The summed E-state index contributed by atoms with van der Waals surface area (Å²) in [6, 6.07) is -0.141. The van der Waals surface area contributed by atoms with Gasteiger partial charge in [-0.3, -0.25) is 9.59 Å². The van der Waals surface area contributed by atoms with E-state index in [-0.39, 0.29) is 23.8 Å². The van der Waals surface area contributed by atoms with E-state index < -0.39 is 5.97 Å². The molecule has 0 rings (SSSR count). The number of carbonyl (C=O) groups is 2. The molecule has 6 nitrogen and oxygen atoms in total. The summed E-state index contributed by atoms with van der Waals surface area (Å²) >= 11 is 0. The van der Waals surface area contributed by atoms with Gasteiger partial charge in [-0.2, -0.15) is 0 Å². The molecule has 0 aliphatic carbocycles. The number of hydrogen-bond donors (Lipinski definition) is 4. The van der Waals surface area contributed by atoms with Gasteiger partial charge in [0.2, 0.25) is 5.91 Å². The van der Waals surface area contributed by atoms with E-state index in [1.165, 1.54) is 0 Å². The third-order valence-corrected chi connectivity index (χ3v) is 2.71. The SMILES string of the molecule is CNCCNCC(CCC(=O)O)NC(=O)CC(C)(C)C. The van der Waals surface area contributed by atoms with Gasteiger partial charge in [0.05, 0.1) is 0 Å². The van der Waals surface area contributed by atoms with Gasteiger partial charge in [0.15, 0.2) is 0 Å². The molecular weight excluding hydrogens is 258 g/mol. The lowest BCUT2D eigenvalue weighted by atomic mass is 9.92. The van der Waals surface area contributed by atoms with Crippen molar-refractivity contribution in [1.82, 2.24) is 16.0 Å². The summed E-state index contributed by atoms with van der Waals surface area (Å²) in [5, 5.41) is 17.9. The molecule has 1 unspecified atom stereocenters. The predicted molar refractivity (Wildman–Crippen MR) is 79.7 cm³/mol. The minimum atomic E-state index is -0.838. The second kappa shape index (κ2) is 9.72. The van der Waals surface area contributed by atoms with Crippen molar-refractivity contribution >= 4 is 11.9 Å². The molecule has 0 radical (unpaired) electrons. The maximum Gasteiger partial charge on any atom is 0.303 e. The van der Waals surface area contributed by atoms with Gasteiger partial charge in [-0.05, 0) is 18.9 Å². The monoisotopic (exact) mass is 287 g/mol. The third kappa shape index (κ3) is 11.9. The van der Waals surface area contributed by atoms with Crippen LogP contribution in [0.3, 0.4) is 0 Å². The third-order valence-electron chi connectivity index (χ3n) is 2.71. The highest BCUT2D eigenvalue weighted by molar-refractivity contribution is 5.77. The molecule has 0 fully saturated rings. The van der Waals surface area contributed by atoms with Crippen LogP contribution in [0.4, 0.5) is 0 Å². The molecule has 4 N–H and O–H groups in total. The number of carbonyl (C=O) groups excluding carboxylic acids is 1. The van der Waals surface area contributed by atoms with Crippen LogP contribution >= 0.6 is 0 Å². The van der Waals surface area contributed by atoms with Gasteiger partial charge in [0.1, 0.15) is 0 Å². The number of amides is 1. The fourth-order valence-corrected chi connectivity index (χ4v) is 1.77. The van der Waals surface area contributed by atoms with Crippen LogP contribution in [0.1, 0.15) is 40.0 Å². The van der Waals surface area contributed by atoms with E-state index in [2.05, 4.69) is 16.0 Å². The van der Waals surface area contributed by atoms with Crippen LogP contribution in [0.2, 0.25) is 0 Å². The largest absolute Gasteiger partial charge is 0.481 e. The van der Waals surface area contributed by atoms with E-state index >= 15 is 0 Å². The van der Waals surface area contributed by atoms with Crippen LogP contribution in [0.25, 0.3) is 0 Å². The number of rotatable bonds is 10. The molecule has 0 aromatic heterocycles. The van der Waals surface area contributed by atoms with Gasteiger partial charge < -0.3 is 21.1 Å². The van der Waals surface area contributed by atoms with Crippen LogP contribution in [0.5, 0.6) is 0 Å². The Morgan fingerprint density at radius 3 is 2.35 bits per heavy atom. The molecule has 118 valence electrons. The van der Waals surface area contributed by atoms with Gasteiger partial charge in [-0.1, -0.05) is 20.8 Å². The summed E-state index contributed by atoms with van der Waals surface area (Å²) in [6.45, 7) is 8.22. The van der Waals surface area contributed by atoms with Crippen LogP contribution in [-0.2, 0) is 9.59 Å². The molecule has 0 heterocycles. The van der Waals surface area contributed by atoms with E-state index in [9.17, 15) is 9.59 Å². The average molecular weight is 287 g/mol. The van der Waals surface area contributed by atoms with Crippen molar-refractivity contribution in [2.75, 3.05) is 26.7 Å². The Kier molecular flexibility index (Phi) is 9.16. The van der Waals surface area contributed by atoms with Gasteiger partial charge in [-0.15, -0.1) is 0 Å². The first-order valence-corrected chi connectivity index (χ1v) is 7.11. The molecule has 0 saturated heterocycles. The maximum atomic E-state index is 11.9. The highest BCUT2D eigenvalue weighted by atomic mass is 16.4. The molecule has 0 bridgehead atoms. The number of likely N-dealkylation sites (N-methyl/N-ethyl adjacent to an activating group) is 1. The van der Waals surface area contributed by atoms with Gasteiger partial charge in [0, 0.05) is 38.5 Å². The smallest absolute Gasteiger partial charge is 0.303 e. The summed E-state index contributed by atoms with van der Waals surface area (Å²) in [5.74, 6) is -0.862. The fraction of sp³-hybridized carbons (Fsp3) is 0.857. The molecule has 1 atom stereocenters. The van der Waals surface area contributed by atoms with Gasteiger partial charge in [0.25, 0.3) is 0 Å². The summed E-state index contributed by atoms with van der Waals surface area (Å²) in [5.41, 5.74) is -0.0685. The molecule has 0 aromatic carbocycles. The highest BCUT2D eigenvalue weighted by Gasteiger charge is 2.19. The summed E-state index contributed by atoms with van der Waals surface area (Å²) in [6.07, 6.45) is 0.943. The number of aliphatic carboxylic acids is 1. The molecule has 1 amide bonds. The lowest BCUT2D eigenvalue weighted by Crippen LogP contribution is -2.44. The Morgan fingerprint density at radius 1 is 1.20 bits per heavy atom. The number of hydrogen-bond acceptors (Lipinski definition) is 4. The Labute approximate surface area is 121 Å². The number of carboxylic acid groups (broad SMARTS) is 1. The summed E-state index contributed by atoms with van der Waals surface area (Å²) in [4.78, 5) is 22.6. The van der Waals surface area contributed by atoms with E-state index in [1.807, 2.05) is 27.8 Å².